The number of Topliss-reactive ketones (excluding diaryl/α,β-unsaturated/α-hetero) is 1. The van der Waals surface area contributed by atoms with E-state index in [1.807, 2.05) is 6.07 Å². The molecule has 90 valence electrons. The van der Waals surface area contributed by atoms with Gasteiger partial charge in [-0.1, -0.05) is 0 Å². The van der Waals surface area contributed by atoms with Gasteiger partial charge in [-0.25, -0.2) is 0 Å². The van der Waals surface area contributed by atoms with E-state index in [1.54, 1.807) is 12.1 Å². The van der Waals surface area contributed by atoms with Crippen LogP contribution in [0.25, 0.3) is 0 Å². The third kappa shape index (κ3) is 1.60. The van der Waals surface area contributed by atoms with Gasteiger partial charge in [0.15, 0.2) is 5.78 Å². The van der Waals surface area contributed by atoms with Gasteiger partial charge in [-0.15, -0.1) is 0 Å². The smallest absolute Gasteiger partial charge is 0.224 e. The highest BCUT2D eigenvalue weighted by molar-refractivity contribution is 6.05. The van der Waals surface area contributed by atoms with Crippen molar-refractivity contribution in [1.82, 2.24) is 0 Å². The molecule has 0 unspecified atom stereocenters. The predicted molar refractivity (Wildman–Crippen MR) is 65.0 cm³/mol. The molecule has 1 N–H and O–H groups in total. The summed E-state index contributed by atoms with van der Waals surface area (Å²) in [7, 11) is 0. The highest BCUT2D eigenvalue weighted by Gasteiger charge is 2.50. The van der Waals surface area contributed by atoms with Gasteiger partial charge in [0.1, 0.15) is 5.41 Å². The number of rotatable bonds is 2. The van der Waals surface area contributed by atoms with Crippen LogP contribution in [0.1, 0.15) is 35.2 Å². The molecule has 4 nitrogen and oxygen atoms in total. The number of aryl methyl sites for hydroxylation is 1. The molecule has 1 saturated carbocycles. The summed E-state index contributed by atoms with van der Waals surface area (Å²) < 4.78 is 0. The number of amides is 1. The summed E-state index contributed by atoms with van der Waals surface area (Å²) in [4.78, 5) is 23.4. The quantitative estimate of drug-likeness (QED) is 0.804. The number of nitriles is 1. The van der Waals surface area contributed by atoms with Crippen LogP contribution >= 0.6 is 0 Å². The van der Waals surface area contributed by atoms with Crippen molar-refractivity contribution in [2.24, 2.45) is 5.41 Å². The molecular formula is C14H12N2O2. The molecule has 18 heavy (non-hydrogen) atoms. The minimum Gasteiger partial charge on any atom is -0.326 e. The zero-order valence-electron chi connectivity index (χ0n) is 9.82. The standard InChI is InChI=1S/C14H12N2O2/c15-8-14(5-6-14)13(18)10-1-3-11-9(7-10)2-4-12(17)16-11/h1,3,7H,2,4-6H2,(H,16,17). The number of benzene rings is 1. The first-order chi connectivity index (χ1) is 8.64. The van der Waals surface area contributed by atoms with E-state index in [0.29, 0.717) is 31.2 Å². The van der Waals surface area contributed by atoms with Crippen LogP contribution in [0, 0.1) is 16.7 Å². The first-order valence-corrected chi connectivity index (χ1v) is 6.03. The van der Waals surface area contributed by atoms with Gasteiger partial charge in [0.25, 0.3) is 0 Å². The summed E-state index contributed by atoms with van der Waals surface area (Å²) in [5.41, 5.74) is 1.58. The topological polar surface area (TPSA) is 70.0 Å². The molecule has 0 aromatic heterocycles. The second kappa shape index (κ2) is 3.67. The Labute approximate surface area is 105 Å². The van der Waals surface area contributed by atoms with Crippen LogP contribution in [-0.4, -0.2) is 11.7 Å². The van der Waals surface area contributed by atoms with Crippen LogP contribution < -0.4 is 5.32 Å². The van der Waals surface area contributed by atoms with Gasteiger partial charge in [-0.3, -0.25) is 9.59 Å². The lowest BCUT2D eigenvalue weighted by Gasteiger charge is -2.17. The Balaban J connectivity index is 1.94. The fraction of sp³-hybridized carbons (Fsp3) is 0.357. The number of hydrogen-bond donors (Lipinski definition) is 1. The average Bonchev–Trinajstić information content (AvgIpc) is 3.18. The van der Waals surface area contributed by atoms with Crippen LogP contribution in [0.15, 0.2) is 18.2 Å². The second-order valence-electron chi connectivity index (χ2n) is 4.94. The largest absolute Gasteiger partial charge is 0.326 e. The number of nitrogens with one attached hydrogen (secondary N) is 1. The predicted octanol–water partition coefficient (Wildman–Crippen LogP) is 2.06. The molecule has 1 heterocycles. The highest BCUT2D eigenvalue weighted by Crippen LogP contribution is 2.47. The Morgan fingerprint density at radius 1 is 1.33 bits per heavy atom. The zero-order valence-corrected chi connectivity index (χ0v) is 9.82. The van der Waals surface area contributed by atoms with Crippen molar-refractivity contribution in [2.75, 3.05) is 5.32 Å². The number of anilines is 1. The van der Waals surface area contributed by atoms with Gasteiger partial charge in [0.05, 0.1) is 6.07 Å². The summed E-state index contributed by atoms with van der Waals surface area (Å²) in [6.45, 7) is 0. The fourth-order valence-electron chi connectivity index (χ4n) is 2.32. The van der Waals surface area contributed by atoms with Crippen LogP contribution in [0.3, 0.4) is 0 Å². The number of carbonyl (C=O) groups excluding carboxylic acids is 2. The lowest BCUT2D eigenvalue weighted by Crippen LogP contribution is -2.20. The molecular weight excluding hydrogens is 228 g/mol. The van der Waals surface area contributed by atoms with Gasteiger partial charge in [-0.05, 0) is 43.0 Å². The van der Waals surface area contributed by atoms with Crippen molar-refractivity contribution in [3.63, 3.8) is 0 Å². The summed E-state index contributed by atoms with van der Waals surface area (Å²) in [6.07, 6.45) is 2.43. The molecule has 4 heteroatoms. The fourth-order valence-corrected chi connectivity index (χ4v) is 2.32. The normalized spacial score (nSPS) is 19.4. The van der Waals surface area contributed by atoms with E-state index in [9.17, 15) is 9.59 Å². The van der Waals surface area contributed by atoms with Crippen molar-refractivity contribution in [3.8, 4) is 6.07 Å². The lowest BCUT2D eigenvalue weighted by molar-refractivity contribution is -0.116. The number of carbonyl (C=O) groups is 2. The van der Waals surface area contributed by atoms with E-state index in [1.165, 1.54) is 0 Å². The molecule has 1 aliphatic heterocycles. The van der Waals surface area contributed by atoms with Crippen LogP contribution in [0.4, 0.5) is 5.69 Å². The third-order valence-corrected chi connectivity index (χ3v) is 3.66. The monoisotopic (exact) mass is 240 g/mol. The van der Waals surface area contributed by atoms with Gasteiger partial charge >= 0.3 is 0 Å². The van der Waals surface area contributed by atoms with E-state index in [4.69, 9.17) is 5.26 Å². The van der Waals surface area contributed by atoms with Crippen molar-refractivity contribution < 1.29 is 9.59 Å². The molecule has 1 aliphatic carbocycles. The van der Waals surface area contributed by atoms with E-state index < -0.39 is 5.41 Å². The van der Waals surface area contributed by atoms with Gasteiger partial charge in [0, 0.05) is 17.7 Å². The Morgan fingerprint density at radius 2 is 2.11 bits per heavy atom. The van der Waals surface area contributed by atoms with E-state index in [2.05, 4.69) is 11.4 Å². The molecule has 2 aliphatic rings. The Morgan fingerprint density at radius 3 is 2.78 bits per heavy atom. The van der Waals surface area contributed by atoms with Gasteiger partial charge < -0.3 is 5.32 Å². The van der Waals surface area contributed by atoms with Gasteiger partial charge in [0.2, 0.25) is 5.91 Å². The number of fused-ring (bicyclic) bond motifs is 1. The van der Waals surface area contributed by atoms with E-state index in [-0.39, 0.29) is 11.7 Å². The Kier molecular flexibility index (Phi) is 2.24. The third-order valence-electron chi connectivity index (χ3n) is 3.66. The van der Waals surface area contributed by atoms with E-state index >= 15 is 0 Å². The molecule has 1 aromatic rings. The maximum absolute atomic E-state index is 12.2. The van der Waals surface area contributed by atoms with Crippen LogP contribution in [0.5, 0.6) is 0 Å². The SMILES string of the molecule is N#CC1(C(=O)c2ccc3c(c2)CCC(=O)N3)CC1. The molecule has 0 spiro atoms. The molecule has 1 aromatic carbocycles. The summed E-state index contributed by atoms with van der Waals surface area (Å²) in [5.74, 6) is -0.0676. The number of nitrogens with zero attached hydrogens (tertiary/aromatic N) is 1. The highest BCUT2D eigenvalue weighted by atomic mass is 16.1. The molecule has 0 atom stereocenters. The van der Waals surface area contributed by atoms with Crippen molar-refractivity contribution in [2.45, 2.75) is 25.7 Å². The number of ketones is 1. The van der Waals surface area contributed by atoms with Crippen molar-refractivity contribution in [1.29, 1.82) is 5.26 Å². The zero-order chi connectivity index (χ0) is 12.8. The minimum atomic E-state index is -0.772. The molecule has 1 amide bonds. The molecule has 3 rings (SSSR count). The Hall–Kier alpha value is -2.15. The van der Waals surface area contributed by atoms with Crippen LogP contribution in [-0.2, 0) is 11.2 Å². The first kappa shape index (κ1) is 11.0. The van der Waals surface area contributed by atoms with Crippen molar-refractivity contribution >= 4 is 17.4 Å². The van der Waals surface area contributed by atoms with Crippen molar-refractivity contribution in [3.05, 3.63) is 29.3 Å². The minimum absolute atomic E-state index is 0.0114. The second-order valence-corrected chi connectivity index (χ2v) is 4.94. The molecule has 1 fully saturated rings. The summed E-state index contributed by atoms with van der Waals surface area (Å²) in [5, 5.41) is 11.8. The molecule has 0 radical (unpaired) electrons. The molecule has 0 bridgehead atoms. The lowest BCUT2D eigenvalue weighted by atomic mass is 9.92. The number of hydrogen-bond acceptors (Lipinski definition) is 3. The summed E-state index contributed by atoms with van der Waals surface area (Å²) in [6, 6.07) is 7.39. The summed E-state index contributed by atoms with van der Waals surface area (Å²) >= 11 is 0. The van der Waals surface area contributed by atoms with Gasteiger partial charge in [-0.2, -0.15) is 5.26 Å². The average molecular weight is 240 g/mol. The first-order valence-electron chi connectivity index (χ1n) is 6.03. The van der Waals surface area contributed by atoms with E-state index in [0.717, 1.165) is 11.3 Å². The Bertz CT molecular complexity index is 594. The van der Waals surface area contributed by atoms with Crippen LogP contribution in [0.2, 0.25) is 0 Å². The maximum atomic E-state index is 12.2. The molecule has 0 saturated heterocycles. The maximum Gasteiger partial charge on any atom is 0.224 e.